The number of aliphatic hydroxyl groups is 2. The maximum atomic E-state index is 14.0. The molecule has 2 aliphatic heterocycles. The summed E-state index contributed by atoms with van der Waals surface area (Å²) in [5, 5.41) is 25.8. The van der Waals surface area contributed by atoms with Gasteiger partial charge in [-0.3, -0.25) is 19.6 Å². The molecule has 1 unspecified atom stereocenters. The molecule has 0 bridgehead atoms. The molecule has 1 fully saturated rings. The van der Waals surface area contributed by atoms with Crippen LogP contribution >= 0.6 is 11.6 Å². The van der Waals surface area contributed by atoms with Gasteiger partial charge in [-0.15, -0.1) is 0 Å². The molecule has 3 aromatic heterocycles. The lowest BCUT2D eigenvalue weighted by Gasteiger charge is -2.28. The van der Waals surface area contributed by atoms with Gasteiger partial charge in [0.1, 0.15) is 11.2 Å². The quantitative estimate of drug-likeness (QED) is 0.131. The SMILES string of the molecule is Cc1cc(C(=O)Nc2cccc(-c3cccc(Nc4nc(C(F)F)nc5cc(CN6CCC(O)C6)cnc45)c3C)c2Cl)nc2c1CCN(CCO)C2. The number of carbonyl (C=O) groups excluding carboxylic acids is 1. The molecule has 1 saturated heterocycles. The highest BCUT2D eigenvalue weighted by atomic mass is 35.5. The van der Waals surface area contributed by atoms with Gasteiger partial charge in [0, 0.05) is 56.7 Å². The Labute approximate surface area is 304 Å². The van der Waals surface area contributed by atoms with Gasteiger partial charge in [-0.05, 0) is 78.8 Å². The van der Waals surface area contributed by atoms with Crippen molar-refractivity contribution in [3.63, 3.8) is 0 Å². The van der Waals surface area contributed by atoms with E-state index < -0.39 is 18.2 Å². The van der Waals surface area contributed by atoms with E-state index in [1.807, 2.05) is 38.1 Å². The van der Waals surface area contributed by atoms with Crippen LogP contribution in [0.5, 0.6) is 0 Å². The van der Waals surface area contributed by atoms with Gasteiger partial charge < -0.3 is 20.8 Å². The number of alkyl halides is 2. The zero-order valence-electron chi connectivity index (χ0n) is 28.8. The molecule has 7 rings (SSSR count). The largest absolute Gasteiger partial charge is 0.395 e. The molecule has 0 aliphatic carbocycles. The van der Waals surface area contributed by atoms with Crippen molar-refractivity contribution in [1.29, 1.82) is 0 Å². The van der Waals surface area contributed by atoms with Crippen LogP contribution in [0.15, 0.2) is 54.7 Å². The lowest BCUT2D eigenvalue weighted by molar-refractivity contribution is 0.102. The van der Waals surface area contributed by atoms with Crippen LogP contribution in [0.3, 0.4) is 0 Å². The fraction of sp³-hybridized carbons (Fsp3) is 0.342. The van der Waals surface area contributed by atoms with Gasteiger partial charge in [0.05, 0.1) is 34.6 Å². The van der Waals surface area contributed by atoms with Crippen molar-refractivity contribution in [2.24, 2.45) is 0 Å². The molecule has 5 aromatic rings. The monoisotopic (exact) mass is 728 g/mol. The van der Waals surface area contributed by atoms with E-state index in [0.29, 0.717) is 60.1 Å². The predicted molar refractivity (Wildman–Crippen MR) is 196 cm³/mol. The maximum absolute atomic E-state index is 14.0. The zero-order valence-corrected chi connectivity index (χ0v) is 29.6. The van der Waals surface area contributed by atoms with E-state index in [0.717, 1.165) is 53.0 Å². The smallest absolute Gasteiger partial charge is 0.297 e. The van der Waals surface area contributed by atoms with E-state index in [9.17, 15) is 23.8 Å². The summed E-state index contributed by atoms with van der Waals surface area (Å²) in [6.07, 6.45) is -0.0964. The van der Waals surface area contributed by atoms with Crippen LogP contribution in [0.1, 0.15) is 57.1 Å². The van der Waals surface area contributed by atoms with Gasteiger partial charge in [0.15, 0.2) is 11.6 Å². The van der Waals surface area contributed by atoms with Crippen LogP contribution in [0.4, 0.5) is 26.0 Å². The van der Waals surface area contributed by atoms with E-state index in [-0.39, 0.29) is 29.7 Å². The number of fused-ring (bicyclic) bond motifs is 2. The summed E-state index contributed by atoms with van der Waals surface area (Å²) in [7, 11) is 0. The number of anilines is 3. The number of β-amino-alcohol motifs (C(OH)–C–C–N with tert-alkyl or cyclic N) is 2. The van der Waals surface area contributed by atoms with Crippen molar-refractivity contribution in [2.45, 2.75) is 52.3 Å². The highest BCUT2D eigenvalue weighted by Gasteiger charge is 2.24. The molecule has 4 N–H and O–H groups in total. The third-order valence-electron chi connectivity index (χ3n) is 9.72. The average Bonchev–Trinajstić information content (AvgIpc) is 3.53. The summed E-state index contributed by atoms with van der Waals surface area (Å²) in [5.74, 6) is -0.865. The molecule has 1 atom stereocenters. The number of rotatable bonds is 10. The number of likely N-dealkylation sites (tertiary alicyclic amines) is 1. The Bertz CT molecular complexity index is 2150. The second kappa shape index (κ2) is 15.1. The first-order valence-electron chi connectivity index (χ1n) is 17.2. The van der Waals surface area contributed by atoms with Crippen LogP contribution in [0.2, 0.25) is 5.02 Å². The van der Waals surface area contributed by atoms with Gasteiger partial charge in [0.2, 0.25) is 0 Å². The standard InChI is InChI=1S/C38H39ClF2N8O3/c1-21-15-31(43-32-20-48(13-14-50)12-10-25(21)32)38(52)46-29-8-4-6-27(33(29)39)26-5-3-7-28(22(26)2)44-36-34-30(45-37(47-36)35(40)41)16-23(17-42-34)18-49-11-9-24(51)19-49/h3-8,15-17,24,35,50-51H,9-14,18-20H2,1-2H3,(H,46,52)(H,44,45,47). The number of hydrogen-bond donors (Lipinski definition) is 4. The third kappa shape index (κ3) is 7.46. The molecule has 0 spiro atoms. The highest BCUT2D eigenvalue weighted by molar-refractivity contribution is 6.36. The lowest BCUT2D eigenvalue weighted by atomic mass is 9.98. The number of halogens is 3. The Balaban J connectivity index is 1.15. The number of nitrogens with one attached hydrogen (secondary N) is 2. The molecule has 0 saturated carbocycles. The summed E-state index contributed by atoms with van der Waals surface area (Å²) >= 11 is 6.96. The predicted octanol–water partition coefficient (Wildman–Crippen LogP) is 6.21. The van der Waals surface area contributed by atoms with E-state index in [2.05, 4.69) is 40.4 Å². The average molecular weight is 729 g/mol. The van der Waals surface area contributed by atoms with E-state index in [1.54, 1.807) is 30.5 Å². The molecular weight excluding hydrogens is 690 g/mol. The van der Waals surface area contributed by atoms with Crippen molar-refractivity contribution < 1.29 is 23.8 Å². The number of aromatic nitrogens is 4. The number of amides is 1. The Kier molecular flexibility index (Phi) is 10.4. The fourth-order valence-corrected chi connectivity index (χ4v) is 7.30. The molecule has 5 heterocycles. The van der Waals surface area contributed by atoms with Gasteiger partial charge >= 0.3 is 0 Å². The topological polar surface area (TPSA) is 140 Å². The number of hydrogen-bond acceptors (Lipinski definition) is 10. The third-order valence-corrected chi connectivity index (χ3v) is 10.1. The minimum atomic E-state index is -2.90. The molecule has 14 heteroatoms. The van der Waals surface area contributed by atoms with Crippen LogP contribution in [-0.2, 0) is 19.5 Å². The highest BCUT2D eigenvalue weighted by Crippen LogP contribution is 2.39. The Morgan fingerprint density at radius 1 is 1.04 bits per heavy atom. The first kappa shape index (κ1) is 35.7. The summed E-state index contributed by atoms with van der Waals surface area (Å²) < 4.78 is 28.0. The second-order valence-corrected chi connectivity index (χ2v) is 13.7. The van der Waals surface area contributed by atoms with Crippen molar-refractivity contribution in [3.05, 3.63) is 99.2 Å². The summed E-state index contributed by atoms with van der Waals surface area (Å²) in [4.78, 5) is 35.2. The zero-order chi connectivity index (χ0) is 36.5. The molecule has 270 valence electrons. The van der Waals surface area contributed by atoms with Gasteiger partial charge in [-0.25, -0.2) is 23.7 Å². The van der Waals surface area contributed by atoms with Gasteiger partial charge in [0.25, 0.3) is 12.3 Å². The minimum Gasteiger partial charge on any atom is -0.395 e. The Morgan fingerprint density at radius 2 is 1.83 bits per heavy atom. The number of pyridine rings is 2. The molecule has 0 radical (unpaired) electrons. The first-order valence-corrected chi connectivity index (χ1v) is 17.6. The van der Waals surface area contributed by atoms with Crippen molar-refractivity contribution >= 4 is 45.7 Å². The number of nitrogens with zero attached hydrogens (tertiary/aromatic N) is 6. The van der Waals surface area contributed by atoms with Crippen LogP contribution in [-0.4, -0.2) is 84.7 Å². The van der Waals surface area contributed by atoms with Crippen LogP contribution < -0.4 is 10.6 Å². The van der Waals surface area contributed by atoms with Gasteiger partial charge in [-0.1, -0.05) is 35.9 Å². The lowest BCUT2D eigenvalue weighted by Crippen LogP contribution is -2.34. The summed E-state index contributed by atoms with van der Waals surface area (Å²) in [6, 6.07) is 14.4. The van der Waals surface area contributed by atoms with Crippen molar-refractivity contribution in [2.75, 3.05) is 43.4 Å². The summed E-state index contributed by atoms with van der Waals surface area (Å²) in [6.45, 7) is 7.66. The summed E-state index contributed by atoms with van der Waals surface area (Å²) in [5.41, 5.74) is 7.86. The molecule has 1 amide bonds. The fourth-order valence-electron chi connectivity index (χ4n) is 7.02. The number of aliphatic hydroxyl groups excluding tert-OH is 2. The van der Waals surface area contributed by atoms with E-state index >= 15 is 0 Å². The maximum Gasteiger partial charge on any atom is 0.297 e. The number of benzene rings is 2. The minimum absolute atomic E-state index is 0.0590. The molecule has 2 aliphatic rings. The van der Waals surface area contributed by atoms with Crippen molar-refractivity contribution in [1.82, 2.24) is 29.7 Å². The van der Waals surface area contributed by atoms with Crippen LogP contribution in [0, 0.1) is 13.8 Å². The van der Waals surface area contributed by atoms with Crippen LogP contribution in [0.25, 0.3) is 22.2 Å². The molecule has 11 nitrogen and oxygen atoms in total. The molecule has 2 aromatic carbocycles. The molecular formula is C38H39ClF2N8O3. The number of aryl methyl sites for hydroxylation is 1. The normalized spacial score (nSPS) is 16.4. The number of carbonyl (C=O) groups is 1. The van der Waals surface area contributed by atoms with Gasteiger partial charge in [-0.2, -0.15) is 0 Å². The first-order chi connectivity index (χ1) is 25.1. The Morgan fingerprint density at radius 3 is 2.58 bits per heavy atom. The van der Waals surface area contributed by atoms with E-state index in [4.69, 9.17) is 11.6 Å². The second-order valence-electron chi connectivity index (χ2n) is 13.3. The van der Waals surface area contributed by atoms with E-state index in [1.165, 1.54) is 0 Å². The molecule has 52 heavy (non-hydrogen) atoms. The Hall–Kier alpha value is -4.66. The van der Waals surface area contributed by atoms with Crippen molar-refractivity contribution in [3.8, 4) is 11.1 Å².